The number of thiocarbonyl (C=S) groups is 1. The predicted octanol–water partition coefficient (Wildman–Crippen LogP) is 3.84. The topological polar surface area (TPSA) is 62.4 Å². The van der Waals surface area contributed by atoms with E-state index in [1.165, 1.54) is 0 Å². The van der Waals surface area contributed by atoms with Crippen LogP contribution in [0.15, 0.2) is 24.3 Å². The van der Waals surface area contributed by atoms with Crippen LogP contribution in [0, 0.1) is 5.41 Å². The zero-order valence-electron chi connectivity index (χ0n) is 13.7. The van der Waals surface area contributed by atoms with Crippen LogP contribution in [0.1, 0.15) is 20.8 Å². The molecule has 0 heterocycles. The van der Waals surface area contributed by atoms with E-state index >= 15 is 0 Å². The number of rotatable bonds is 4. The number of hydrogen-bond donors (Lipinski definition) is 3. The Bertz CT molecular complexity index is 600. The van der Waals surface area contributed by atoms with E-state index < -0.39 is 15.4 Å². The molecule has 0 saturated carbocycles. The maximum atomic E-state index is 12.2. The Morgan fingerprint density at radius 1 is 1.17 bits per heavy atom. The highest BCUT2D eigenvalue weighted by Gasteiger charge is 2.36. The molecule has 0 radical (unpaired) electrons. The van der Waals surface area contributed by atoms with Crippen LogP contribution < -0.4 is 20.7 Å². The molecule has 0 fully saturated rings. The van der Waals surface area contributed by atoms with E-state index in [1.54, 1.807) is 40.0 Å². The smallest absolute Gasteiger partial charge is 0.228 e. The zero-order chi connectivity index (χ0) is 18.5. The van der Waals surface area contributed by atoms with Crippen molar-refractivity contribution in [1.29, 1.82) is 0 Å². The molecular weight excluding hydrogens is 393 g/mol. The van der Waals surface area contributed by atoms with Gasteiger partial charge in [0.15, 0.2) is 5.11 Å². The molecule has 24 heavy (non-hydrogen) atoms. The summed E-state index contributed by atoms with van der Waals surface area (Å²) in [5.41, 5.74) is -0.00389. The number of halogens is 3. The Hall–Kier alpha value is -0.950. The van der Waals surface area contributed by atoms with Crippen molar-refractivity contribution in [1.82, 2.24) is 10.6 Å². The van der Waals surface area contributed by atoms with Gasteiger partial charge in [-0.15, -0.1) is 0 Å². The monoisotopic (exact) mass is 411 g/mol. The summed E-state index contributed by atoms with van der Waals surface area (Å²) in [5, 5.41) is 8.55. The Kier molecular flexibility index (Phi) is 7.41. The van der Waals surface area contributed by atoms with Crippen molar-refractivity contribution in [3.05, 3.63) is 24.3 Å². The number of carbonyl (C=O) groups excluding carboxylic acids is 1. The van der Waals surface area contributed by atoms with Crippen LogP contribution in [-0.4, -0.2) is 28.1 Å². The third-order valence-corrected chi connectivity index (χ3v) is 3.79. The maximum Gasteiger partial charge on any atom is 0.228 e. The average molecular weight is 413 g/mol. The van der Waals surface area contributed by atoms with Crippen LogP contribution in [-0.2, 0) is 4.79 Å². The summed E-state index contributed by atoms with van der Waals surface area (Å²) >= 11 is 23.1. The quantitative estimate of drug-likeness (QED) is 0.398. The van der Waals surface area contributed by atoms with Crippen LogP contribution in [0.4, 0.5) is 5.69 Å². The normalized spacial score (nSPS) is 13.0. The Labute approximate surface area is 162 Å². The standard InChI is InChI=1S/C15H20Cl3N3O2S/c1-14(2,3)12(22)20-11(15(16,17)18)21-13(24)19-9-7-5-6-8-10(9)23-4/h5-8,11H,1-4H3,(H,20,22)(H2,19,21,24)/t11-/m1/s1. The number of methoxy groups -OCH3 is 1. The molecule has 0 saturated heterocycles. The van der Waals surface area contributed by atoms with Gasteiger partial charge in [0, 0.05) is 5.41 Å². The third-order valence-electron chi connectivity index (χ3n) is 2.91. The average Bonchev–Trinajstić information content (AvgIpc) is 2.45. The first-order valence-corrected chi connectivity index (χ1v) is 8.57. The van der Waals surface area contributed by atoms with Crippen LogP contribution in [0.5, 0.6) is 5.75 Å². The number of hydrogen-bond acceptors (Lipinski definition) is 3. The highest BCUT2D eigenvalue weighted by Crippen LogP contribution is 2.30. The molecule has 0 aliphatic carbocycles. The molecule has 0 spiro atoms. The van der Waals surface area contributed by atoms with E-state index in [-0.39, 0.29) is 11.0 Å². The molecule has 1 amide bonds. The lowest BCUT2D eigenvalue weighted by Crippen LogP contribution is -2.58. The van der Waals surface area contributed by atoms with Gasteiger partial charge in [-0.3, -0.25) is 4.79 Å². The van der Waals surface area contributed by atoms with E-state index in [0.717, 1.165) is 0 Å². The first-order valence-electron chi connectivity index (χ1n) is 7.03. The van der Waals surface area contributed by atoms with Crippen LogP contribution in [0.25, 0.3) is 0 Å². The largest absolute Gasteiger partial charge is 0.495 e. The summed E-state index contributed by atoms with van der Waals surface area (Å²) in [6, 6.07) is 7.21. The molecule has 0 aliphatic heterocycles. The molecule has 3 N–H and O–H groups in total. The van der Waals surface area contributed by atoms with Crippen molar-refractivity contribution < 1.29 is 9.53 Å². The van der Waals surface area contributed by atoms with Crippen molar-refractivity contribution in [3.8, 4) is 5.75 Å². The van der Waals surface area contributed by atoms with E-state index in [0.29, 0.717) is 11.4 Å². The number of para-hydroxylation sites is 2. The van der Waals surface area contributed by atoms with E-state index in [9.17, 15) is 4.79 Å². The third kappa shape index (κ3) is 6.51. The van der Waals surface area contributed by atoms with Crippen molar-refractivity contribution in [2.24, 2.45) is 5.41 Å². The van der Waals surface area contributed by atoms with E-state index in [4.69, 9.17) is 51.8 Å². The molecule has 1 aromatic rings. The van der Waals surface area contributed by atoms with Gasteiger partial charge in [0.05, 0.1) is 12.8 Å². The lowest BCUT2D eigenvalue weighted by molar-refractivity contribution is -0.129. The summed E-state index contributed by atoms with van der Waals surface area (Å²) in [7, 11) is 1.55. The second-order valence-corrected chi connectivity index (χ2v) is 8.77. The Balaban J connectivity index is 2.83. The number of benzene rings is 1. The van der Waals surface area contributed by atoms with Gasteiger partial charge >= 0.3 is 0 Å². The Morgan fingerprint density at radius 3 is 2.25 bits per heavy atom. The molecule has 0 aliphatic rings. The van der Waals surface area contributed by atoms with Gasteiger partial charge in [-0.25, -0.2) is 0 Å². The molecule has 1 aromatic carbocycles. The fourth-order valence-electron chi connectivity index (χ4n) is 1.58. The Morgan fingerprint density at radius 2 is 1.75 bits per heavy atom. The predicted molar refractivity (Wildman–Crippen MR) is 104 cm³/mol. The molecule has 9 heteroatoms. The molecule has 0 aromatic heterocycles. The first-order chi connectivity index (χ1) is 10.9. The van der Waals surface area contributed by atoms with Crippen LogP contribution >= 0.6 is 47.0 Å². The van der Waals surface area contributed by atoms with Gasteiger partial charge in [0.25, 0.3) is 0 Å². The molecule has 5 nitrogen and oxygen atoms in total. The molecule has 134 valence electrons. The number of anilines is 1. The van der Waals surface area contributed by atoms with Gasteiger partial charge in [0.1, 0.15) is 11.9 Å². The van der Waals surface area contributed by atoms with Gasteiger partial charge in [-0.1, -0.05) is 67.7 Å². The number of carbonyl (C=O) groups is 1. The number of amides is 1. The van der Waals surface area contributed by atoms with Crippen molar-refractivity contribution >= 4 is 63.7 Å². The fourth-order valence-corrected chi connectivity index (χ4v) is 2.14. The maximum absolute atomic E-state index is 12.2. The van der Waals surface area contributed by atoms with Crippen LogP contribution in [0.2, 0.25) is 0 Å². The van der Waals surface area contributed by atoms with Crippen LogP contribution in [0.3, 0.4) is 0 Å². The highest BCUT2D eigenvalue weighted by molar-refractivity contribution is 7.80. The summed E-state index contributed by atoms with van der Waals surface area (Å²) in [6.45, 7) is 5.26. The zero-order valence-corrected chi connectivity index (χ0v) is 16.8. The molecule has 1 rings (SSSR count). The highest BCUT2D eigenvalue weighted by atomic mass is 35.6. The summed E-state index contributed by atoms with van der Waals surface area (Å²) < 4.78 is 3.43. The minimum Gasteiger partial charge on any atom is -0.495 e. The minimum atomic E-state index is -1.80. The van der Waals surface area contributed by atoms with Gasteiger partial charge in [-0.05, 0) is 24.4 Å². The van der Waals surface area contributed by atoms with Gasteiger partial charge < -0.3 is 20.7 Å². The lowest BCUT2D eigenvalue weighted by atomic mass is 9.95. The SMILES string of the molecule is COc1ccccc1NC(=S)N[C@@H](NC(=O)C(C)(C)C)C(Cl)(Cl)Cl. The lowest BCUT2D eigenvalue weighted by Gasteiger charge is -2.30. The van der Waals surface area contributed by atoms with Gasteiger partial charge in [-0.2, -0.15) is 0 Å². The van der Waals surface area contributed by atoms with E-state index in [2.05, 4.69) is 16.0 Å². The first kappa shape index (κ1) is 21.1. The van der Waals surface area contributed by atoms with Crippen molar-refractivity contribution in [2.75, 3.05) is 12.4 Å². The second-order valence-electron chi connectivity index (χ2n) is 6.00. The molecule has 1 atom stereocenters. The number of ether oxygens (including phenoxy) is 1. The van der Waals surface area contributed by atoms with E-state index in [1.807, 2.05) is 12.1 Å². The molecular formula is C15H20Cl3N3O2S. The summed E-state index contributed by atoms with van der Waals surface area (Å²) in [5.74, 6) is 0.317. The van der Waals surface area contributed by atoms with Crippen molar-refractivity contribution in [2.45, 2.75) is 30.7 Å². The molecule has 0 bridgehead atoms. The summed E-state index contributed by atoms with van der Waals surface area (Å²) in [4.78, 5) is 12.2. The number of alkyl halides is 3. The van der Waals surface area contributed by atoms with Crippen molar-refractivity contribution in [3.63, 3.8) is 0 Å². The van der Waals surface area contributed by atoms with Gasteiger partial charge in [0.2, 0.25) is 9.70 Å². The fraction of sp³-hybridized carbons (Fsp3) is 0.467. The molecule has 0 unspecified atom stereocenters. The second kappa shape index (κ2) is 8.43. The minimum absolute atomic E-state index is 0.171. The number of nitrogens with one attached hydrogen (secondary N) is 3. The summed E-state index contributed by atoms with van der Waals surface area (Å²) in [6.07, 6.45) is -1.01.